The number of hydrogen-bond donors (Lipinski definition) is 1. The highest BCUT2D eigenvalue weighted by molar-refractivity contribution is 5.92. The Labute approximate surface area is 128 Å². The highest BCUT2D eigenvalue weighted by Gasteiger charge is 2.09. The standard InChI is InChI=1S/C16H17NO5/c1-20-14-5-2-4-12(10-14)17-15(18)11-22-16(19)8-7-13-6-3-9-21-13/h2-6,9-10H,7-8,11H2,1H3,(H,17,18). The number of hydrogen-bond acceptors (Lipinski definition) is 5. The topological polar surface area (TPSA) is 77.8 Å². The lowest BCUT2D eigenvalue weighted by atomic mass is 10.2. The average Bonchev–Trinajstić information content (AvgIpc) is 3.04. The maximum Gasteiger partial charge on any atom is 0.306 e. The number of furan rings is 1. The molecule has 0 saturated heterocycles. The molecule has 0 bridgehead atoms. The van der Waals surface area contributed by atoms with Crippen molar-refractivity contribution < 1.29 is 23.5 Å². The largest absolute Gasteiger partial charge is 0.497 e. The highest BCUT2D eigenvalue weighted by atomic mass is 16.5. The predicted octanol–water partition coefficient (Wildman–Crippen LogP) is 2.40. The van der Waals surface area contributed by atoms with Crippen LogP contribution in [0.15, 0.2) is 47.1 Å². The molecule has 1 amide bonds. The summed E-state index contributed by atoms with van der Waals surface area (Å²) in [5.74, 6) is 0.489. The number of esters is 1. The van der Waals surface area contributed by atoms with Gasteiger partial charge in [0.25, 0.3) is 5.91 Å². The first kappa shape index (κ1) is 15.6. The first-order chi connectivity index (χ1) is 10.7. The van der Waals surface area contributed by atoms with E-state index in [4.69, 9.17) is 13.9 Å². The van der Waals surface area contributed by atoms with Gasteiger partial charge in [0.15, 0.2) is 6.61 Å². The van der Waals surface area contributed by atoms with Crippen LogP contribution in [-0.4, -0.2) is 25.6 Å². The van der Waals surface area contributed by atoms with E-state index in [-0.39, 0.29) is 13.0 Å². The zero-order valence-electron chi connectivity index (χ0n) is 12.2. The minimum atomic E-state index is -0.447. The molecule has 0 aliphatic rings. The Morgan fingerprint density at radius 3 is 2.82 bits per heavy atom. The monoisotopic (exact) mass is 303 g/mol. The molecule has 1 heterocycles. The molecule has 2 rings (SSSR count). The van der Waals surface area contributed by atoms with Gasteiger partial charge in [-0.1, -0.05) is 6.07 Å². The second-order valence-electron chi connectivity index (χ2n) is 4.52. The Balaban J connectivity index is 1.71. The molecule has 0 unspecified atom stereocenters. The zero-order valence-corrected chi connectivity index (χ0v) is 12.2. The van der Waals surface area contributed by atoms with Gasteiger partial charge in [0.1, 0.15) is 11.5 Å². The van der Waals surface area contributed by atoms with Crippen molar-refractivity contribution in [3.05, 3.63) is 48.4 Å². The number of aryl methyl sites for hydroxylation is 1. The quantitative estimate of drug-likeness (QED) is 0.795. The summed E-state index contributed by atoms with van der Waals surface area (Å²) in [7, 11) is 1.54. The Hall–Kier alpha value is -2.76. The van der Waals surface area contributed by atoms with Crippen molar-refractivity contribution >= 4 is 17.6 Å². The molecule has 0 spiro atoms. The molecule has 0 radical (unpaired) electrons. The zero-order chi connectivity index (χ0) is 15.8. The van der Waals surface area contributed by atoms with E-state index < -0.39 is 11.9 Å². The van der Waals surface area contributed by atoms with Gasteiger partial charge in [0, 0.05) is 18.2 Å². The molecule has 1 aromatic heterocycles. The second-order valence-corrected chi connectivity index (χ2v) is 4.52. The molecule has 0 aliphatic carbocycles. The van der Waals surface area contributed by atoms with Crippen LogP contribution in [0.25, 0.3) is 0 Å². The molecule has 0 atom stereocenters. The van der Waals surface area contributed by atoms with E-state index in [1.165, 1.54) is 0 Å². The number of carbonyl (C=O) groups is 2. The third kappa shape index (κ3) is 4.97. The van der Waals surface area contributed by atoms with Crippen molar-refractivity contribution in [1.82, 2.24) is 0 Å². The summed E-state index contributed by atoms with van der Waals surface area (Å²) in [4.78, 5) is 23.2. The van der Waals surface area contributed by atoms with E-state index >= 15 is 0 Å². The van der Waals surface area contributed by atoms with E-state index in [0.29, 0.717) is 23.6 Å². The van der Waals surface area contributed by atoms with Gasteiger partial charge in [-0.25, -0.2) is 0 Å². The minimum absolute atomic E-state index is 0.167. The van der Waals surface area contributed by atoms with Crippen molar-refractivity contribution in [3.8, 4) is 5.75 Å². The summed E-state index contributed by atoms with van der Waals surface area (Å²) in [6, 6.07) is 10.5. The van der Waals surface area contributed by atoms with Gasteiger partial charge in [-0.15, -0.1) is 0 Å². The molecule has 0 fully saturated rings. The van der Waals surface area contributed by atoms with Crippen molar-refractivity contribution in [2.75, 3.05) is 19.0 Å². The molecule has 22 heavy (non-hydrogen) atoms. The van der Waals surface area contributed by atoms with Crippen LogP contribution in [0.1, 0.15) is 12.2 Å². The van der Waals surface area contributed by atoms with Crippen LogP contribution in [0.4, 0.5) is 5.69 Å². The number of benzene rings is 1. The molecule has 6 nitrogen and oxygen atoms in total. The Morgan fingerprint density at radius 1 is 1.23 bits per heavy atom. The van der Waals surface area contributed by atoms with Crippen LogP contribution in [-0.2, 0) is 20.7 Å². The fraction of sp³-hybridized carbons (Fsp3) is 0.250. The molecule has 2 aromatic rings. The van der Waals surface area contributed by atoms with Crippen LogP contribution in [0.5, 0.6) is 5.75 Å². The fourth-order valence-electron chi connectivity index (χ4n) is 1.80. The first-order valence-electron chi connectivity index (χ1n) is 6.79. The summed E-state index contributed by atoms with van der Waals surface area (Å²) in [5.41, 5.74) is 0.580. The molecule has 6 heteroatoms. The summed E-state index contributed by atoms with van der Waals surface area (Å²) in [6.45, 7) is -0.325. The summed E-state index contributed by atoms with van der Waals surface area (Å²) in [5, 5.41) is 2.63. The maximum absolute atomic E-state index is 11.7. The Kier molecular flexibility index (Phi) is 5.59. The average molecular weight is 303 g/mol. The molecule has 0 aliphatic heterocycles. The number of anilines is 1. The van der Waals surface area contributed by atoms with E-state index in [0.717, 1.165) is 0 Å². The lowest BCUT2D eigenvalue weighted by molar-refractivity contribution is -0.147. The maximum atomic E-state index is 11.7. The smallest absolute Gasteiger partial charge is 0.306 e. The van der Waals surface area contributed by atoms with Gasteiger partial charge in [-0.3, -0.25) is 9.59 Å². The molecule has 1 N–H and O–H groups in total. The molecular formula is C16H17NO5. The van der Waals surface area contributed by atoms with E-state index in [1.54, 1.807) is 49.8 Å². The number of amides is 1. The van der Waals surface area contributed by atoms with E-state index in [1.807, 2.05) is 0 Å². The Bertz CT molecular complexity index is 621. The number of methoxy groups -OCH3 is 1. The van der Waals surface area contributed by atoms with Gasteiger partial charge < -0.3 is 19.2 Å². The van der Waals surface area contributed by atoms with Crippen LogP contribution < -0.4 is 10.1 Å². The van der Waals surface area contributed by atoms with Crippen LogP contribution in [0.2, 0.25) is 0 Å². The fourth-order valence-corrected chi connectivity index (χ4v) is 1.80. The molecular weight excluding hydrogens is 286 g/mol. The van der Waals surface area contributed by atoms with Crippen molar-refractivity contribution in [3.63, 3.8) is 0 Å². The molecule has 116 valence electrons. The normalized spacial score (nSPS) is 10.0. The van der Waals surface area contributed by atoms with Gasteiger partial charge >= 0.3 is 5.97 Å². The van der Waals surface area contributed by atoms with Crippen molar-refractivity contribution in [2.24, 2.45) is 0 Å². The number of ether oxygens (including phenoxy) is 2. The van der Waals surface area contributed by atoms with Crippen LogP contribution in [0.3, 0.4) is 0 Å². The van der Waals surface area contributed by atoms with Crippen LogP contribution in [0, 0.1) is 0 Å². The molecule has 1 aromatic carbocycles. The lowest BCUT2D eigenvalue weighted by Gasteiger charge is -2.07. The number of carbonyl (C=O) groups excluding carboxylic acids is 2. The lowest BCUT2D eigenvalue weighted by Crippen LogP contribution is -2.21. The van der Waals surface area contributed by atoms with Crippen molar-refractivity contribution in [2.45, 2.75) is 12.8 Å². The summed E-state index contributed by atoms with van der Waals surface area (Å²) < 4.78 is 15.1. The third-order valence-corrected chi connectivity index (χ3v) is 2.87. The van der Waals surface area contributed by atoms with E-state index in [9.17, 15) is 9.59 Å². The van der Waals surface area contributed by atoms with Gasteiger partial charge in [0.2, 0.25) is 0 Å². The number of nitrogens with one attached hydrogen (secondary N) is 1. The Morgan fingerprint density at radius 2 is 2.09 bits per heavy atom. The van der Waals surface area contributed by atoms with Gasteiger partial charge in [-0.2, -0.15) is 0 Å². The first-order valence-corrected chi connectivity index (χ1v) is 6.79. The number of rotatable bonds is 7. The minimum Gasteiger partial charge on any atom is -0.497 e. The highest BCUT2D eigenvalue weighted by Crippen LogP contribution is 2.16. The molecule has 0 saturated carbocycles. The predicted molar refractivity (Wildman–Crippen MR) is 79.6 cm³/mol. The second kappa shape index (κ2) is 7.87. The van der Waals surface area contributed by atoms with E-state index in [2.05, 4.69) is 5.32 Å². The third-order valence-electron chi connectivity index (χ3n) is 2.87. The van der Waals surface area contributed by atoms with Crippen molar-refractivity contribution in [1.29, 1.82) is 0 Å². The van der Waals surface area contributed by atoms with Gasteiger partial charge in [0.05, 0.1) is 19.8 Å². The SMILES string of the molecule is COc1cccc(NC(=O)COC(=O)CCc2ccco2)c1. The van der Waals surface area contributed by atoms with Crippen LogP contribution >= 0.6 is 0 Å². The summed E-state index contributed by atoms with van der Waals surface area (Å²) >= 11 is 0. The summed E-state index contributed by atoms with van der Waals surface area (Å²) in [6.07, 6.45) is 2.16. The van der Waals surface area contributed by atoms with Gasteiger partial charge in [-0.05, 0) is 24.3 Å².